The highest BCUT2D eigenvalue weighted by atomic mass is 32.2. The van der Waals surface area contributed by atoms with Crippen LogP contribution in [0.1, 0.15) is 56.4 Å². The van der Waals surface area contributed by atoms with Gasteiger partial charge in [0.15, 0.2) is 6.29 Å². The largest absolute Gasteiger partial charge is 0.470 e. The number of hydrogen-bond acceptors (Lipinski definition) is 7. The Kier molecular flexibility index (Phi) is 7.02. The maximum Gasteiger partial charge on any atom is 0.217 e. The predicted molar refractivity (Wildman–Crippen MR) is 112 cm³/mol. The van der Waals surface area contributed by atoms with Crippen molar-refractivity contribution in [1.82, 2.24) is 15.0 Å². The van der Waals surface area contributed by atoms with Crippen molar-refractivity contribution in [2.24, 2.45) is 0 Å². The third-order valence-corrected chi connectivity index (χ3v) is 8.32. The molecule has 0 spiro atoms. The zero-order valence-electron chi connectivity index (χ0n) is 17.2. The summed E-state index contributed by atoms with van der Waals surface area (Å²) in [4.78, 5) is 14.9. The van der Waals surface area contributed by atoms with E-state index in [1.165, 1.54) is 0 Å². The topological polar surface area (TPSA) is 107 Å². The van der Waals surface area contributed by atoms with Crippen molar-refractivity contribution in [3.8, 4) is 5.88 Å². The monoisotopic (exact) mass is 437 g/mol. The smallest absolute Gasteiger partial charge is 0.217 e. The highest BCUT2D eigenvalue weighted by molar-refractivity contribution is 7.90. The van der Waals surface area contributed by atoms with Gasteiger partial charge >= 0.3 is 0 Å². The van der Waals surface area contributed by atoms with Crippen LogP contribution < -0.4 is 14.8 Å². The number of sulfonamides is 1. The molecule has 0 radical (unpaired) electrons. The first-order chi connectivity index (χ1) is 14.6. The molecule has 3 aliphatic rings. The van der Waals surface area contributed by atoms with Gasteiger partial charge in [0, 0.05) is 23.8 Å². The van der Waals surface area contributed by atoms with Crippen molar-refractivity contribution in [2.75, 3.05) is 19.8 Å². The molecule has 0 bridgehead atoms. The lowest BCUT2D eigenvalue weighted by Crippen LogP contribution is -2.47. The highest BCUT2D eigenvalue weighted by Gasteiger charge is 2.39. The maximum atomic E-state index is 12.3. The molecule has 1 aromatic rings. The molecule has 30 heavy (non-hydrogen) atoms. The molecule has 0 unspecified atom stereocenters. The molecule has 2 heterocycles. The van der Waals surface area contributed by atoms with E-state index in [0.29, 0.717) is 18.4 Å². The van der Waals surface area contributed by atoms with E-state index >= 15 is 0 Å². The lowest BCUT2D eigenvalue weighted by atomic mass is 9.83. The van der Waals surface area contributed by atoms with E-state index < -0.39 is 10.0 Å². The molecular formula is C21H31N3O5S. The summed E-state index contributed by atoms with van der Waals surface area (Å²) in [5.74, 6) is 0.901. The minimum Gasteiger partial charge on any atom is -0.470 e. The SMILES string of the molecule is O=CCOc1ncccc1C1CCC(OC[C@@H]2NCC[C@@H]2NS(=O)(=O)C2CC2)CC1. The molecule has 2 aliphatic carbocycles. The second-order valence-electron chi connectivity index (χ2n) is 8.50. The van der Waals surface area contributed by atoms with Gasteiger partial charge in [-0.2, -0.15) is 0 Å². The number of carbonyl (C=O) groups excluding carboxylic acids is 1. The van der Waals surface area contributed by atoms with Crippen LogP contribution in [0.25, 0.3) is 0 Å². The zero-order chi connectivity index (χ0) is 21.0. The van der Waals surface area contributed by atoms with Crippen LogP contribution >= 0.6 is 0 Å². The molecule has 4 rings (SSSR count). The minimum atomic E-state index is -3.18. The van der Waals surface area contributed by atoms with Crippen LogP contribution in [0, 0.1) is 0 Å². The molecule has 166 valence electrons. The normalized spacial score (nSPS) is 29.6. The van der Waals surface area contributed by atoms with E-state index in [-0.39, 0.29) is 30.0 Å². The molecule has 1 saturated heterocycles. The molecule has 8 nitrogen and oxygen atoms in total. The summed E-state index contributed by atoms with van der Waals surface area (Å²) in [6, 6.07) is 3.87. The molecule has 0 amide bonds. The van der Waals surface area contributed by atoms with Crippen LogP contribution in [-0.2, 0) is 19.6 Å². The van der Waals surface area contributed by atoms with Gasteiger partial charge < -0.3 is 14.8 Å². The van der Waals surface area contributed by atoms with Crippen LogP contribution in [-0.4, -0.2) is 62.9 Å². The van der Waals surface area contributed by atoms with E-state index in [0.717, 1.165) is 63.3 Å². The fourth-order valence-corrected chi connectivity index (χ4v) is 6.15. The number of aromatic nitrogens is 1. The molecule has 9 heteroatoms. The van der Waals surface area contributed by atoms with Crippen LogP contribution in [0.2, 0.25) is 0 Å². The van der Waals surface area contributed by atoms with Crippen molar-refractivity contribution in [1.29, 1.82) is 0 Å². The first-order valence-electron chi connectivity index (χ1n) is 10.9. The van der Waals surface area contributed by atoms with Gasteiger partial charge in [-0.3, -0.25) is 4.79 Å². The van der Waals surface area contributed by atoms with E-state index in [9.17, 15) is 13.2 Å². The molecule has 0 aromatic carbocycles. The van der Waals surface area contributed by atoms with Crippen molar-refractivity contribution < 1.29 is 22.7 Å². The third-order valence-electron chi connectivity index (χ3n) is 6.34. The lowest BCUT2D eigenvalue weighted by molar-refractivity contribution is -0.109. The average molecular weight is 438 g/mol. The van der Waals surface area contributed by atoms with Gasteiger partial charge in [0.25, 0.3) is 0 Å². The maximum absolute atomic E-state index is 12.3. The molecule has 2 N–H and O–H groups in total. The summed E-state index contributed by atoms with van der Waals surface area (Å²) in [5, 5.41) is 3.19. The van der Waals surface area contributed by atoms with Gasteiger partial charge in [-0.25, -0.2) is 18.1 Å². The quantitative estimate of drug-likeness (QED) is 0.535. The summed E-state index contributed by atoms with van der Waals surface area (Å²) in [5.41, 5.74) is 1.06. The number of carbonyl (C=O) groups is 1. The number of rotatable bonds is 10. The van der Waals surface area contributed by atoms with E-state index in [2.05, 4.69) is 15.0 Å². The highest BCUT2D eigenvalue weighted by Crippen LogP contribution is 2.37. The Morgan fingerprint density at radius 1 is 1.17 bits per heavy atom. The van der Waals surface area contributed by atoms with Gasteiger partial charge in [0.1, 0.15) is 6.61 Å². The predicted octanol–water partition coefficient (Wildman–Crippen LogP) is 1.51. The second kappa shape index (κ2) is 9.72. The molecule has 1 aliphatic heterocycles. The summed E-state index contributed by atoms with van der Waals surface area (Å²) >= 11 is 0. The van der Waals surface area contributed by atoms with Crippen LogP contribution in [0.4, 0.5) is 0 Å². The molecule has 2 saturated carbocycles. The summed E-state index contributed by atoms with van der Waals surface area (Å²) in [7, 11) is -3.18. The van der Waals surface area contributed by atoms with Gasteiger partial charge in [-0.1, -0.05) is 6.07 Å². The fourth-order valence-electron chi connectivity index (χ4n) is 4.50. The number of hydrogen-bond donors (Lipinski definition) is 2. The summed E-state index contributed by atoms with van der Waals surface area (Å²) in [6.07, 6.45) is 8.79. The van der Waals surface area contributed by atoms with Crippen molar-refractivity contribution in [3.63, 3.8) is 0 Å². The Hall–Kier alpha value is -1.55. The summed E-state index contributed by atoms with van der Waals surface area (Å²) < 4.78 is 39.0. The fraction of sp³-hybridized carbons (Fsp3) is 0.714. The van der Waals surface area contributed by atoms with Gasteiger partial charge in [0.05, 0.1) is 18.0 Å². The average Bonchev–Trinajstić information content (AvgIpc) is 3.54. The Labute approximate surface area is 178 Å². The zero-order valence-corrected chi connectivity index (χ0v) is 18.0. The third kappa shape index (κ3) is 5.38. The number of nitrogens with one attached hydrogen (secondary N) is 2. The molecule has 1 aromatic heterocycles. The Morgan fingerprint density at radius 3 is 2.70 bits per heavy atom. The number of nitrogens with zero attached hydrogens (tertiary/aromatic N) is 1. The first-order valence-corrected chi connectivity index (χ1v) is 12.5. The van der Waals surface area contributed by atoms with E-state index in [4.69, 9.17) is 9.47 Å². The van der Waals surface area contributed by atoms with Crippen molar-refractivity contribution >= 4 is 16.3 Å². The first kappa shape index (κ1) is 21.7. The minimum absolute atomic E-state index is 0.0164. The number of ether oxygens (including phenoxy) is 2. The Balaban J connectivity index is 1.25. The number of pyridine rings is 1. The molecule has 3 fully saturated rings. The Morgan fingerprint density at radius 2 is 1.97 bits per heavy atom. The molecular weight excluding hydrogens is 406 g/mol. The number of aldehydes is 1. The Bertz CT molecular complexity index is 822. The van der Waals surface area contributed by atoms with Crippen LogP contribution in [0.15, 0.2) is 18.3 Å². The van der Waals surface area contributed by atoms with Crippen molar-refractivity contribution in [2.45, 2.75) is 74.3 Å². The lowest BCUT2D eigenvalue weighted by Gasteiger charge is -2.31. The van der Waals surface area contributed by atoms with E-state index in [1.807, 2.05) is 12.1 Å². The van der Waals surface area contributed by atoms with E-state index in [1.54, 1.807) is 6.20 Å². The van der Waals surface area contributed by atoms with Crippen LogP contribution in [0.3, 0.4) is 0 Å². The standard InChI is InChI=1S/C21H31N3O5S/c25-12-13-28-21-18(2-1-10-23-21)15-3-5-16(6-4-15)29-14-20-19(9-11-22-20)24-30(26,27)17-7-8-17/h1-2,10,12,15-17,19-20,22,24H,3-9,11,13-14H2/t15?,16?,19-,20-/m0/s1. The van der Waals surface area contributed by atoms with Gasteiger partial charge in [-0.15, -0.1) is 0 Å². The van der Waals surface area contributed by atoms with Crippen molar-refractivity contribution in [3.05, 3.63) is 23.9 Å². The summed E-state index contributed by atoms with van der Waals surface area (Å²) in [6.45, 7) is 1.35. The van der Waals surface area contributed by atoms with Crippen LogP contribution in [0.5, 0.6) is 5.88 Å². The van der Waals surface area contributed by atoms with Gasteiger partial charge in [-0.05, 0) is 63.5 Å². The molecule has 2 atom stereocenters. The van der Waals surface area contributed by atoms with Gasteiger partial charge in [0.2, 0.25) is 15.9 Å². The second-order valence-corrected chi connectivity index (χ2v) is 10.5.